The predicted molar refractivity (Wildman–Crippen MR) is 60.8 cm³/mol. The van der Waals surface area contributed by atoms with Crippen molar-refractivity contribution in [3.05, 3.63) is 11.1 Å². The van der Waals surface area contributed by atoms with E-state index in [1.54, 1.807) is 0 Å². The molecule has 1 heterocycles. The molecular weight excluding hydrogens is 228 g/mol. The molecule has 2 atom stereocenters. The first kappa shape index (κ1) is 11.2. The van der Waals surface area contributed by atoms with Crippen LogP contribution in [0.1, 0.15) is 13.3 Å². The van der Waals surface area contributed by atoms with Crippen LogP contribution in [0.5, 0.6) is 0 Å². The van der Waals surface area contributed by atoms with Gasteiger partial charge in [-0.05, 0) is 31.3 Å². The smallest absolute Gasteiger partial charge is 0.0294 e. The summed E-state index contributed by atoms with van der Waals surface area (Å²) >= 11 is 3.40. The van der Waals surface area contributed by atoms with Crippen molar-refractivity contribution in [2.24, 2.45) is 17.6 Å². The molecule has 1 aliphatic heterocycles. The molecule has 0 aromatic carbocycles. The van der Waals surface area contributed by atoms with Crippen molar-refractivity contribution in [3.8, 4) is 0 Å². The molecule has 13 heavy (non-hydrogen) atoms. The maximum Gasteiger partial charge on any atom is 0.0294 e. The van der Waals surface area contributed by atoms with Crippen LogP contribution >= 0.6 is 15.9 Å². The first-order chi connectivity index (χ1) is 6.13. The van der Waals surface area contributed by atoms with Crippen LogP contribution in [0, 0.1) is 11.8 Å². The Morgan fingerprint density at radius 3 is 2.92 bits per heavy atom. The minimum atomic E-state index is 0.667. The third-order valence-corrected chi connectivity index (χ3v) is 3.15. The zero-order valence-corrected chi connectivity index (χ0v) is 9.89. The summed E-state index contributed by atoms with van der Waals surface area (Å²) in [6, 6.07) is 0. The summed E-state index contributed by atoms with van der Waals surface area (Å²) in [6.07, 6.45) is 1.27. The van der Waals surface area contributed by atoms with Gasteiger partial charge in [-0.1, -0.05) is 29.4 Å². The molecule has 2 N–H and O–H groups in total. The molecule has 0 amide bonds. The average Bonchev–Trinajstić information content (AvgIpc) is 2.07. The van der Waals surface area contributed by atoms with Gasteiger partial charge in [-0.2, -0.15) is 0 Å². The van der Waals surface area contributed by atoms with E-state index in [0.717, 1.165) is 30.0 Å². The summed E-state index contributed by atoms with van der Waals surface area (Å²) in [5, 5.41) is 0. The lowest BCUT2D eigenvalue weighted by atomic mass is 9.87. The molecule has 0 aromatic rings. The summed E-state index contributed by atoms with van der Waals surface area (Å²) in [7, 11) is 0. The Bertz CT molecular complexity index is 182. The van der Waals surface area contributed by atoms with E-state index in [2.05, 4.69) is 34.3 Å². The van der Waals surface area contributed by atoms with Gasteiger partial charge in [-0.3, -0.25) is 4.90 Å². The summed E-state index contributed by atoms with van der Waals surface area (Å²) in [4.78, 5) is 2.43. The summed E-state index contributed by atoms with van der Waals surface area (Å²) in [5.74, 6) is 1.45. The third-order valence-electron chi connectivity index (χ3n) is 2.90. The lowest BCUT2D eigenvalue weighted by molar-refractivity contribution is 0.144. The van der Waals surface area contributed by atoms with Crippen LogP contribution in [-0.2, 0) is 0 Å². The molecule has 1 aliphatic rings. The highest BCUT2D eigenvalue weighted by Crippen LogP contribution is 2.23. The van der Waals surface area contributed by atoms with Crippen LogP contribution in [0.25, 0.3) is 0 Å². The molecule has 1 fully saturated rings. The number of likely N-dealkylation sites (tertiary alicyclic amines) is 1. The van der Waals surface area contributed by atoms with Crippen molar-refractivity contribution in [1.29, 1.82) is 0 Å². The normalized spacial score (nSPS) is 30.4. The van der Waals surface area contributed by atoms with Crippen molar-refractivity contribution < 1.29 is 0 Å². The number of nitrogens with two attached hydrogens (primary N) is 1. The Hall–Kier alpha value is 0.140. The minimum Gasteiger partial charge on any atom is -0.330 e. The molecule has 76 valence electrons. The lowest BCUT2D eigenvalue weighted by Crippen LogP contribution is -2.42. The van der Waals surface area contributed by atoms with Gasteiger partial charge in [0.2, 0.25) is 0 Å². The van der Waals surface area contributed by atoms with E-state index >= 15 is 0 Å². The van der Waals surface area contributed by atoms with E-state index in [1.165, 1.54) is 13.0 Å². The molecule has 0 spiro atoms. The van der Waals surface area contributed by atoms with Crippen LogP contribution in [0.15, 0.2) is 11.1 Å². The average molecular weight is 247 g/mol. The number of hydrogen-bond acceptors (Lipinski definition) is 2. The van der Waals surface area contributed by atoms with E-state index in [-0.39, 0.29) is 0 Å². The molecule has 1 saturated heterocycles. The first-order valence-corrected chi connectivity index (χ1v) is 5.68. The molecule has 0 saturated carbocycles. The maximum absolute atomic E-state index is 5.73. The quantitative estimate of drug-likeness (QED) is 0.824. The maximum atomic E-state index is 5.73. The van der Waals surface area contributed by atoms with Gasteiger partial charge in [-0.15, -0.1) is 0 Å². The van der Waals surface area contributed by atoms with Gasteiger partial charge in [0.1, 0.15) is 0 Å². The van der Waals surface area contributed by atoms with E-state index in [9.17, 15) is 0 Å². The molecular formula is C10H19BrN2. The lowest BCUT2D eigenvalue weighted by Gasteiger charge is -2.36. The van der Waals surface area contributed by atoms with Crippen LogP contribution < -0.4 is 5.73 Å². The Kier molecular flexibility index (Phi) is 4.42. The highest BCUT2D eigenvalue weighted by atomic mass is 79.9. The van der Waals surface area contributed by atoms with Crippen molar-refractivity contribution in [2.45, 2.75) is 13.3 Å². The molecule has 0 aliphatic carbocycles. The van der Waals surface area contributed by atoms with E-state index in [0.29, 0.717) is 5.92 Å². The Labute approximate surface area is 89.3 Å². The van der Waals surface area contributed by atoms with Crippen molar-refractivity contribution in [2.75, 3.05) is 26.2 Å². The zero-order valence-electron chi connectivity index (χ0n) is 8.30. The van der Waals surface area contributed by atoms with Gasteiger partial charge in [-0.25, -0.2) is 0 Å². The molecule has 1 rings (SSSR count). The molecule has 2 nitrogen and oxygen atoms in total. The van der Waals surface area contributed by atoms with E-state index < -0.39 is 0 Å². The Morgan fingerprint density at radius 2 is 2.38 bits per heavy atom. The highest BCUT2D eigenvalue weighted by molar-refractivity contribution is 9.11. The summed E-state index contributed by atoms with van der Waals surface area (Å²) < 4.78 is 1.07. The van der Waals surface area contributed by atoms with Gasteiger partial charge in [0.05, 0.1) is 0 Å². The number of halogens is 1. The Balaban J connectivity index is 2.40. The first-order valence-electron chi connectivity index (χ1n) is 4.89. The van der Waals surface area contributed by atoms with Crippen molar-refractivity contribution in [3.63, 3.8) is 0 Å². The second-order valence-corrected chi connectivity index (χ2v) is 5.14. The fourth-order valence-corrected chi connectivity index (χ4v) is 2.27. The zero-order chi connectivity index (χ0) is 9.84. The number of nitrogens with zero attached hydrogens (tertiary/aromatic N) is 1. The highest BCUT2D eigenvalue weighted by Gasteiger charge is 2.24. The van der Waals surface area contributed by atoms with Gasteiger partial charge in [0.25, 0.3) is 0 Å². The number of hydrogen-bond donors (Lipinski definition) is 1. The fourth-order valence-electron chi connectivity index (χ4n) is 1.92. The van der Waals surface area contributed by atoms with Crippen LogP contribution in [0.4, 0.5) is 0 Å². The van der Waals surface area contributed by atoms with Gasteiger partial charge in [0.15, 0.2) is 0 Å². The predicted octanol–water partition coefficient (Wildman–Crippen LogP) is 1.81. The molecule has 0 aromatic heterocycles. The SMILES string of the molecule is C=C(Br)CN1CCC(C)C(CN)C1. The summed E-state index contributed by atoms with van der Waals surface area (Å²) in [6.45, 7) is 10.2. The van der Waals surface area contributed by atoms with Crippen LogP contribution in [0.2, 0.25) is 0 Å². The molecule has 0 radical (unpaired) electrons. The fraction of sp³-hybridized carbons (Fsp3) is 0.800. The standard InChI is InChI=1S/C10H19BrN2/c1-8-3-4-13(6-9(2)11)7-10(8)5-12/h8,10H,2-7,12H2,1H3. The minimum absolute atomic E-state index is 0.667. The van der Waals surface area contributed by atoms with Crippen LogP contribution in [0.3, 0.4) is 0 Å². The number of rotatable bonds is 3. The van der Waals surface area contributed by atoms with Crippen LogP contribution in [-0.4, -0.2) is 31.1 Å². The molecule has 3 heteroatoms. The number of piperidine rings is 1. The molecule has 0 bridgehead atoms. The van der Waals surface area contributed by atoms with Gasteiger partial charge in [0, 0.05) is 17.6 Å². The molecule has 2 unspecified atom stereocenters. The monoisotopic (exact) mass is 246 g/mol. The van der Waals surface area contributed by atoms with E-state index in [4.69, 9.17) is 5.73 Å². The van der Waals surface area contributed by atoms with Gasteiger partial charge >= 0.3 is 0 Å². The Morgan fingerprint density at radius 1 is 1.69 bits per heavy atom. The second-order valence-electron chi connectivity index (χ2n) is 4.01. The summed E-state index contributed by atoms with van der Waals surface area (Å²) in [5.41, 5.74) is 5.73. The van der Waals surface area contributed by atoms with Crippen molar-refractivity contribution >= 4 is 15.9 Å². The topological polar surface area (TPSA) is 29.3 Å². The third kappa shape index (κ3) is 3.41. The largest absolute Gasteiger partial charge is 0.330 e. The van der Waals surface area contributed by atoms with Crippen molar-refractivity contribution in [1.82, 2.24) is 4.90 Å². The van der Waals surface area contributed by atoms with Gasteiger partial charge < -0.3 is 5.73 Å². The second kappa shape index (κ2) is 5.13. The van der Waals surface area contributed by atoms with E-state index in [1.807, 2.05) is 0 Å².